The van der Waals surface area contributed by atoms with E-state index in [1.807, 2.05) is 17.0 Å². The highest BCUT2D eigenvalue weighted by Crippen LogP contribution is 2.32. The zero-order valence-electron chi connectivity index (χ0n) is 12.3. The Morgan fingerprint density at radius 2 is 1.80 bits per heavy atom. The lowest BCUT2D eigenvalue weighted by atomic mass is 10.0. The van der Waals surface area contributed by atoms with Crippen molar-refractivity contribution in [2.45, 2.75) is 13.8 Å². The van der Waals surface area contributed by atoms with Gasteiger partial charge in [-0.2, -0.15) is 0 Å². The van der Waals surface area contributed by atoms with Gasteiger partial charge in [0.25, 0.3) is 5.91 Å². The van der Waals surface area contributed by atoms with Crippen molar-refractivity contribution >= 4 is 5.91 Å². The average molecular weight is 273 g/mol. The Morgan fingerprint density at radius 3 is 2.35 bits per heavy atom. The second-order valence-corrected chi connectivity index (χ2v) is 6.58. The van der Waals surface area contributed by atoms with Crippen molar-refractivity contribution in [1.82, 2.24) is 14.8 Å². The van der Waals surface area contributed by atoms with E-state index in [1.165, 1.54) is 6.54 Å². The molecule has 1 aromatic heterocycles. The maximum Gasteiger partial charge on any atom is 0.253 e. The molecule has 4 nitrogen and oxygen atoms in total. The summed E-state index contributed by atoms with van der Waals surface area (Å²) in [5.74, 6) is 2.22. The molecule has 0 aliphatic carbocycles. The SMILES string of the molecule is CC(C)CN1C[C@@H]2CN(C(=O)c3ccncc3)C[C@H]2C1. The molecular weight excluding hydrogens is 250 g/mol. The van der Waals surface area contributed by atoms with Crippen molar-refractivity contribution in [2.75, 3.05) is 32.7 Å². The molecule has 2 fully saturated rings. The van der Waals surface area contributed by atoms with Crippen LogP contribution in [0.5, 0.6) is 0 Å². The number of hydrogen-bond acceptors (Lipinski definition) is 3. The molecule has 0 bridgehead atoms. The number of nitrogens with zero attached hydrogens (tertiary/aromatic N) is 3. The fraction of sp³-hybridized carbons (Fsp3) is 0.625. The van der Waals surface area contributed by atoms with Crippen LogP contribution in [0.3, 0.4) is 0 Å². The van der Waals surface area contributed by atoms with E-state index in [1.54, 1.807) is 12.4 Å². The normalized spacial score (nSPS) is 26.2. The molecule has 1 aromatic rings. The van der Waals surface area contributed by atoms with E-state index in [0.29, 0.717) is 11.8 Å². The summed E-state index contributed by atoms with van der Waals surface area (Å²) >= 11 is 0. The number of carbonyl (C=O) groups is 1. The molecule has 3 rings (SSSR count). The predicted octanol–water partition coefficient (Wildman–Crippen LogP) is 1.74. The molecule has 3 heterocycles. The van der Waals surface area contributed by atoms with E-state index in [9.17, 15) is 4.79 Å². The highest BCUT2D eigenvalue weighted by molar-refractivity contribution is 5.94. The first kappa shape index (κ1) is 13.6. The Bertz CT molecular complexity index is 460. The van der Waals surface area contributed by atoms with E-state index in [2.05, 4.69) is 23.7 Å². The van der Waals surface area contributed by atoms with Crippen molar-refractivity contribution in [3.63, 3.8) is 0 Å². The number of amides is 1. The summed E-state index contributed by atoms with van der Waals surface area (Å²) in [6, 6.07) is 3.61. The van der Waals surface area contributed by atoms with Gasteiger partial charge in [0, 0.05) is 50.7 Å². The van der Waals surface area contributed by atoms with E-state index < -0.39 is 0 Å². The Labute approximate surface area is 120 Å². The molecule has 108 valence electrons. The van der Waals surface area contributed by atoms with Crippen LogP contribution in [-0.2, 0) is 0 Å². The Balaban J connectivity index is 1.59. The molecule has 2 aliphatic rings. The van der Waals surface area contributed by atoms with Gasteiger partial charge in [-0.3, -0.25) is 9.78 Å². The lowest BCUT2D eigenvalue weighted by molar-refractivity contribution is 0.0773. The highest BCUT2D eigenvalue weighted by atomic mass is 16.2. The molecule has 2 atom stereocenters. The molecular formula is C16H23N3O. The zero-order valence-corrected chi connectivity index (χ0v) is 12.3. The summed E-state index contributed by atoms with van der Waals surface area (Å²) in [6.45, 7) is 9.87. The van der Waals surface area contributed by atoms with Gasteiger partial charge in [0.2, 0.25) is 0 Å². The Kier molecular flexibility index (Phi) is 3.74. The van der Waals surface area contributed by atoms with Crippen molar-refractivity contribution in [3.8, 4) is 0 Å². The summed E-state index contributed by atoms with van der Waals surface area (Å²) in [7, 11) is 0. The summed E-state index contributed by atoms with van der Waals surface area (Å²) < 4.78 is 0. The van der Waals surface area contributed by atoms with Gasteiger partial charge in [0.15, 0.2) is 0 Å². The van der Waals surface area contributed by atoms with Gasteiger partial charge >= 0.3 is 0 Å². The minimum Gasteiger partial charge on any atom is -0.338 e. The van der Waals surface area contributed by atoms with Crippen LogP contribution in [0.2, 0.25) is 0 Å². The lowest BCUT2D eigenvalue weighted by Crippen LogP contribution is -2.34. The van der Waals surface area contributed by atoms with Gasteiger partial charge in [0.1, 0.15) is 0 Å². The minimum absolute atomic E-state index is 0.164. The summed E-state index contributed by atoms with van der Waals surface area (Å²) in [5, 5.41) is 0. The molecule has 20 heavy (non-hydrogen) atoms. The summed E-state index contributed by atoms with van der Waals surface area (Å²) in [6.07, 6.45) is 3.38. The van der Waals surface area contributed by atoms with E-state index in [0.717, 1.165) is 37.7 Å². The molecule has 2 saturated heterocycles. The largest absolute Gasteiger partial charge is 0.338 e. The number of fused-ring (bicyclic) bond motifs is 1. The number of likely N-dealkylation sites (tertiary alicyclic amines) is 2. The first-order chi connectivity index (χ1) is 9.63. The number of hydrogen-bond donors (Lipinski definition) is 0. The maximum atomic E-state index is 12.4. The molecule has 0 saturated carbocycles. The van der Waals surface area contributed by atoms with Crippen LogP contribution in [-0.4, -0.2) is 53.4 Å². The van der Waals surface area contributed by atoms with Crippen LogP contribution in [0, 0.1) is 17.8 Å². The van der Waals surface area contributed by atoms with Crippen LogP contribution >= 0.6 is 0 Å². The fourth-order valence-corrected chi connectivity index (χ4v) is 3.60. The van der Waals surface area contributed by atoms with E-state index in [-0.39, 0.29) is 5.91 Å². The molecule has 4 heteroatoms. The molecule has 0 aromatic carbocycles. The molecule has 0 unspecified atom stereocenters. The van der Waals surface area contributed by atoms with Gasteiger partial charge in [0.05, 0.1) is 0 Å². The first-order valence-corrected chi connectivity index (χ1v) is 7.55. The average Bonchev–Trinajstić information content (AvgIpc) is 2.96. The van der Waals surface area contributed by atoms with E-state index in [4.69, 9.17) is 0 Å². The topological polar surface area (TPSA) is 36.4 Å². The van der Waals surface area contributed by atoms with Crippen LogP contribution in [0.4, 0.5) is 0 Å². The second-order valence-electron chi connectivity index (χ2n) is 6.58. The fourth-order valence-electron chi connectivity index (χ4n) is 3.60. The molecule has 0 spiro atoms. The monoisotopic (exact) mass is 273 g/mol. The van der Waals surface area contributed by atoms with Crippen LogP contribution < -0.4 is 0 Å². The van der Waals surface area contributed by atoms with Crippen LogP contribution in [0.15, 0.2) is 24.5 Å². The van der Waals surface area contributed by atoms with Gasteiger partial charge in [-0.15, -0.1) is 0 Å². The lowest BCUT2D eigenvalue weighted by Gasteiger charge is -2.22. The maximum absolute atomic E-state index is 12.4. The Hall–Kier alpha value is -1.42. The molecule has 0 N–H and O–H groups in total. The van der Waals surface area contributed by atoms with E-state index >= 15 is 0 Å². The third-order valence-electron chi connectivity index (χ3n) is 4.40. The third kappa shape index (κ3) is 2.70. The standard InChI is InChI=1S/C16H23N3O/c1-12(2)7-18-8-14-10-19(11-15(14)9-18)16(20)13-3-5-17-6-4-13/h3-6,12,14-15H,7-11H2,1-2H3/t14-,15-/m1/s1. The van der Waals surface area contributed by atoms with Crippen molar-refractivity contribution in [1.29, 1.82) is 0 Å². The summed E-state index contributed by atoms with van der Waals surface area (Å²) in [4.78, 5) is 21.0. The van der Waals surface area contributed by atoms with Gasteiger partial charge in [-0.05, 0) is 29.9 Å². The number of rotatable bonds is 3. The summed E-state index contributed by atoms with van der Waals surface area (Å²) in [5.41, 5.74) is 0.763. The smallest absolute Gasteiger partial charge is 0.253 e. The quantitative estimate of drug-likeness (QED) is 0.841. The van der Waals surface area contributed by atoms with Gasteiger partial charge in [-0.1, -0.05) is 13.8 Å². The molecule has 1 amide bonds. The van der Waals surface area contributed by atoms with Crippen LogP contribution in [0.1, 0.15) is 24.2 Å². The first-order valence-electron chi connectivity index (χ1n) is 7.55. The van der Waals surface area contributed by atoms with Gasteiger partial charge < -0.3 is 9.80 Å². The van der Waals surface area contributed by atoms with Crippen LogP contribution in [0.25, 0.3) is 0 Å². The van der Waals surface area contributed by atoms with Crippen molar-refractivity contribution in [2.24, 2.45) is 17.8 Å². The Morgan fingerprint density at radius 1 is 1.20 bits per heavy atom. The molecule has 2 aliphatic heterocycles. The second kappa shape index (κ2) is 5.52. The third-order valence-corrected chi connectivity index (χ3v) is 4.40. The number of aromatic nitrogens is 1. The minimum atomic E-state index is 0.164. The zero-order chi connectivity index (χ0) is 14.1. The van der Waals surface area contributed by atoms with Crippen molar-refractivity contribution in [3.05, 3.63) is 30.1 Å². The highest BCUT2D eigenvalue weighted by Gasteiger charge is 2.41. The molecule has 0 radical (unpaired) electrons. The number of pyridine rings is 1. The predicted molar refractivity (Wildman–Crippen MR) is 78.4 cm³/mol. The number of carbonyl (C=O) groups excluding carboxylic acids is 1. The van der Waals surface area contributed by atoms with Gasteiger partial charge in [-0.25, -0.2) is 0 Å². The van der Waals surface area contributed by atoms with Crippen molar-refractivity contribution < 1.29 is 4.79 Å².